The summed E-state index contributed by atoms with van der Waals surface area (Å²) in [6.07, 6.45) is 3.50. The summed E-state index contributed by atoms with van der Waals surface area (Å²) >= 11 is 0. The van der Waals surface area contributed by atoms with Crippen molar-refractivity contribution < 1.29 is 13.9 Å². The van der Waals surface area contributed by atoms with Gasteiger partial charge in [0.25, 0.3) is 0 Å². The van der Waals surface area contributed by atoms with Crippen LogP contribution in [0.1, 0.15) is 19.3 Å². The highest BCUT2D eigenvalue weighted by Gasteiger charge is 2.26. The molecule has 0 saturated carbocycles. The largest absolute Gasteiger partial charge is 0.497 e. The Kier molecular flexibility index (Phi) is 4.87. The van der Waals surface area contributed by atoms with Crippen LogP contribution in [0.4, 0.5) is 15.8 Å². The van der Waals surface area contributed by atoms with Crippen molar-refractivity contribution in [2.24, 2.45) is 0 Å². The van der Waals surface area contributed by atoms with Gasteiger partial charge in [-0.05, 0) is 49.2 Å². The molecule has 26 heavy (non-hydrogen) atoms. The van der Waals surface area contributed by atoms with Gasteiger partial charge >= 0.3 is 0 Å². The molecule has 0 radical (unpaired) electrons. The third-order valence-corrected chi connectivity index (χ3v) is 5.25. The number of ether oxygens (including phenoxy) is 2. The second-order valence-electron chi connectivity index (χ2n) is 6.98. The minimum Gasteiger partial charge on any atom is -0.497 e. The van der Waals surface area contributed by atoms with Crippen molar-refractivity contribution in [1.29, 1.82) is 0 Å². The highest BCUT2D eigenvalue weighted by Crippen LogP contribution is 2.30. The number of hydrogen-bond acceptors (Lipinski definition) is 4. The molecule has 138 valence electrons. The lowest BCUT2D eigenvalue weighted by atomic mass is 10.2. The molecular formula is C21H25FN2O2. The number of rotatable bonds is 5. The van der Waals surface area contributed by atoms with Crippen LogP contribution in [0.2, 0.25) is 0 Å². The first-order chi connectivity index (χ1) is 12.7. The summed E-state index contributed by atoms with van der Waals surface area (Å²) in [5.41, 5.74) is 1.85. The minimum absolute atomic E-state index is 0.0678. The predicted molar refractivity (Wildman–Crippen MR) is 102 cm³/mol. The zero-order valence-corrected chi connectivity index (χ0v) is 15.2. The first-order valence-corrected chi connectivity index (χ1v) is 9.33. The van der Waals surface area contributed by atoms with Crippen LogP contribution in [0.15, 0.2) is 42.5 Å². The molecule has 2 aliphatic heterocycles. The van der Waals surface area contributed by atoms with Crippen LogP contribution in [0.5, 0.6) is 11.5 Å². The van der Waals surface area contributed by atoms with Crippen LogP contribution in [0.25, 0.3) is 0 Å². The zero-order valence-electron chi connectivity index (χ0n) is 15.2. The molecule has 1 atom stereocenters. The van der Waals surface area contributed by atoms with Crippen molar-refractivity contribution in [2.75, 3.05) is 43.1 Å². The van der Waals surface area contributed by atoms with E-state index in [1.54, 1.807) is 19.2 Å². The average Bonchev–Trinajstić information content (AvgIpc) is 3.35. The Morgan fingerprint density at radius 3 is 2.38 bits per heavy atom. The summed E-state index contributed by atoms with van der Waals surface area (Å²) in [6.45, 7) is 3.74. The molecule has 5 heteroatoms. The molecule has 4 rings (SSSR count). The third-order valence-electron chi connectivity index (χ3n) is 5.25. The molecule has 0 aromatic heterocycles. The van der Waals surface area contributed by atoms with Gasteiger partial charge in [-0.15, -0.1) is 0 Å². The van der Waals surface area contributed by atoms with Gasteiger partial charge in [0.15, 0.2) is 0 Å². The van der Waals surface area contributed by atoms with Crippen molar-refractivity contribution in [3.8, 4) is 11.5 Å². The lowest BCUT2D eigenvalue weighted by molar-refractivity contribution is 0.225. The van der Waals surface area contributed by atoms with Gasteiger partial charge in [0.05, 0.1) is 19.3 Å². The normalized spacial score (nSPS) is 19.8. The quantitative estimate of drug-likeness (QED) is 0.806. The summed E-state index contributed by atoms with van der Waals surface area (Å²) in [5, 5.41) is 0. The number of nitrogens with zero attached hydrogens (tertiary/aromatic N) is 2. The zero-order chi connectivity index (χ0) is 17.9. The molecule has 0 N–H and O–H groups in total. The Hall–Kier alpha value is -2.43. The van der Waals surface area contributed by atoms with Gasteiger partial charge in [0.2, 0.25) is 0 Å². The smallest absolute Gasteiger partial charge is 0.146 e. The molecule has 0 amide bonds. The molecule has 2 saturated heterocycles. The molecule has 0 spiro atoms. The molecule has 0 bridgehead atoms. The minimum atomic E-state index is -0.221. The third kappa shape index (κ3) is 3.57. The van der Waals surface area contributed by atoms with Gasteiger partial charge in [-0.25, -0.2) is 4.39 Å². The number of benzene rings is 2. The van der Waals surface area contributed by atoms with E-state index in [0.29, 0.717) is 18.0 Å². The van der Waals surface area contributed by atoms with Gasteiger partial charge in [0, 0.05) is 37.8 Å². The second kappa shape index (κ2) is 7.44. The lowest BCUT2D eigenvalue weighted by Crippen LogP contribution is -2.25. The van der Waals surface area contributed by atoms with E-state index >= 15 is 0 Å². The van der Waals surface area contributed by atoms with E-state index in [1.165, 1.54) is 24.6 Å². The van der Waals surface area contributed by atoms with Crippen LogP contribution in [-0.2, 0) is 0 Å². The van der Waals surface area contributed by atoms with Gasteiger partial charge in [-0.2, -0.15) is 0 Å². The molecule has 2 heterocycles. The van der Waals surface area contributed by atoms with Crippen molar-refractivity contribution in [2.45, 2.75) is 25.4 Å². The maximum absolute atomic E-state index is 14.2. The summed E-state index contributed by atoms with van der Waals surface area (Å²) in [7, 11) is 1.60. The maximum atomic E-state index is 14.2. The average molecular weight is 356 g/mol. The number of methoxy groups -OCH3 is 1. The topological polar surface area (TPSA) is 24.9 Å². The summed E-state index contributed by atoms with van der Waals surface area (Å²) in [5.74, 6) is 1.33. The van der Waals surface area contributed by atoms with E-state index in [2.05, 4.69) is 17.0 Å². The number of anilines is 2. The van der Waals surface area contributed by atoms with Crippen LogP contribution < -0.4 is 19.3 Å². The van der Waals surface area contributed by atoms with E-state index in [1.807, 2.05) is 17.0 Å². The fourth-order valence-corrected chi connectivity index (χ4v) is 3.81. The van der Waals surface area contributed by atoms with Crippen molar-refractivity contribution in [3.05, 3.63) is 48.3 Å². The fraction of sp³-hybridized carbons (Fsp3) is 0.429. The van der Waals surface area contributed by atoms with E-state index in [0.717, 1.165) is 31.8 Å². The van der Waals surface area contributed by atoms with Crippen LogP contribution in [0, 0.1) is 5.82 Å². The summed E-state index contributed by atoms with van der Waals surface area (Å²) in [6, 6.07) is 13.2. The van der Waals surface area contributed by atoms with Crippen molar-refractivity contribution in [1.82, 2.24) is 0 Å². The van der Waals surface area contributed by atoms with E-state index < -0.39 is 0 Å². The van der Waals surface area contributed by atoms with Crippen LogP contribution >= 0.6 is 0 Å². The lowest BCUT2D eigenvalue weighted by Gasteiger charge is -2.21. The first-order valence-electron chi connectivity index (χ1n) is 9.33. The van der Waals surface area contributed by atoms with Gasteiger partial charge in [-0.3, -0.25) is 0 Å². The molecule has 2 aromatic carbocycles. The molecule has 2 aromatic rings. The van der Waals surface area contributed by atoms with Gasteiger partial charge in [0.1, 0.15) is 23.4 Å². The molecular weight excluding hydrogens is 331 g/mol. The number of halogens is 1. The first kappa shape index (κ1) is 17.0. The van der Waals surface area contributed by atoms with Gasteiger partial charge in [-0.1, -0.05) is 0 Å². The fourth-order valence-electron chi connectivity index (χ4n) is 3.81. The second-order valence-corrected chi connectivity index (χ2v) is 6.98. The Morgan fingerprint density at radius 1 is 0.923 bits per heavy atom. The van der Waals surface area contributed by atoms with Crippen molar-refractivity contribution in [3.63, 3.8) is 0 Å². The Balaban J connectivity index is 1.38. The van der Waals surface area contributed by atoms with E-state index in [-0.39, 0.29) is 11.9 Å². The molecule has 0 aliphatic carbocycles. The van der Waals surface area contributed by atoms with Crippen LogP contribution in [0.3, 0.4) is 0 Å². The molecule has 2 aliphatic rings. The SMILES string of the molecule is COc1ccc(F)c(N2CCC(Oc3ccc(N4CCCC4)cc3)C2)c1. The van der Waals surface area contributed by atoms with Crippen molar-refractivity contribution >= 4 is 11.4 Å². The molecule has 2 fully saturated rings. The Labute approximate surface area is 154 Å². The van der Waals surface area contributed by atoms with Gasteiger partial charge < -0.3 is 19.3 Å². The monoisotopic (exact) mass is 356 g/mol. The summed E-state index contributed by atoms with van der Waals surface area (Å²) in [4.78, 5) is 4.44. The van der Waals surface area contributed by atoms with E-state index in [4.69, 9.17) is 9.47 Å². The predicted octanol–water partition coefficient (Wildman–Crippen LogP) is 4.09. The highest BCUT2D eigenvalue weighted by atomic mass is 19.1. The van der Waals surface area contributed by atoms with Crippen LogP contribution in [-0.4, -0.2) is 39.4 Å². The molecule has 1 unspecified atom stereocenters. The highest BCUT2D eigenvalue weighted by molar-refractivity contribution is 5.53. The number of hydrogen-bond donors (Lipinski definition) is 0. The molecule has 4 nitrogen and oxygen atoms in total. The maximum Gasteiger partial charge on any atom is 0.146 e. The summed E-state index contributed by atoms with van der Waals surface area (Å²) < 4.78 is 25.5. The van der Waals surface area contributed by atoms with E-state index in [9.17, 15) is 4.39 Å². The Morgan fingerprint density at radius 2 is 1.65 bits per heavy atom. The standard InChI is InChI=1S/C21H25FN2O2/c1-25-18-8-9-20(22)21(14-18)24-13-10-19(15-24)26-17-6-4-16(5-7-17)23-11-2-3-12-23/h4-9,14,19H,2-3,10-13,15H2,1H3. The Bertz CT molecular complexity index is 744.